The predicted octanol–water partition coefficient (Wildman–Crippen LogP) is 5.44. The molecule has 2 heterocycles. The Labute approximate surface area is 168 Å². The third-order valence-electron chi connectivity index (χ3n) is 4.46. The van der Waals surface area contributed by atoms with Gasteiger partial charge in [-0.05, 0) is 25.1 Å². The average molecular weight is 391 g/mol. The molecule has 1 N–H and O–H groups in total. The maximum Gasteiger partial charge on any atom is 0.229 e. The average Bonchev–Trinajstić information content (AvgIpc) is 3.25. The predicted molar refractivity (Wildman–Crippen MR) is 115 cm³/mol. The highest BCUT2D eigenvalue weighted by Crippen LogP contribution is 2.32. The lowest BCUT2D eigenvalue weighted by Gasteiger charge is -2.17. The summed E-state index contributed by atoms with van der Waals surface area (Å²) in [5.41, 5.74) is 4.11. The van der Waals surface area contributed by atoms with Crippen LogP contribution >= 0.6 is 11.3 Å². The Morgan fingerprint density at radius 3 is 2.50 bits per heavy atom. The number of benzene rings is 2. The molecule has 2 aromatic heterocycles. The largest absolute Gasteiger partial charge is 0.326 e. The third kappa shape index (κ3) is 3.43. The monoisotopic (exact) mass is 390 g/mol. The van der Waals surface area contributed by atoms with Crippen molar-refractivity contribution in [3.8, 4) is 16.4 Å². The highest BCUT2D eigenvalue weighted by Gasteiger charge is 2.22. The van der Waals surface area contributed by atoms with Crippen LogP contribution in [-0.2, 0) is 4.79 Å². The number of nitrogens with zero attached hydrogens (tertiary/aromatic N) is 3. The topological polar surface area (TPSA) is 59.8 Å². The van der Waals surface area contributed by atoms with Crippen LogP contribution in [0.1, 0.15) is 26.5 Å². The Morgan fingerprint density at radius 1 is 1.11 bits per heavy atom. The zero-order valence-electron chi connectivity index (χ0n) is 16.4. The molecule has 4 aromatic rings. The molecule has 6 heteroatoms. The number of thiazole rings is 1. The van der Waals surface area contributed by atoms with E-state index in [0.717, 1.165) is 38.7 Å². The third-order valence-corrected chi connectivity index (χ3v) is 5.39. The number of nitrogens with one attached hydrogen (secondary N) is 1. The summed E-state index contributed by atoms with van der Waals surface area (Å²) in [6.45, 7) is 7.67. The van der Waals surface area contributed by atoms with Crippen LogP contribution in [0.4, 0.5) is 5.69 Å². The summed E-state index contributed by atoms with van der Waals surface area (Å²) >= 11 is 1.55. The van der Waals surface area contributed by atoms with Gasteiger partial charge in [0, 0.05) is 27.4 Å². The van der Waals surface area contributed by atoms with E-state index in [4.69, 9.17) is 5.10 Å². The number of hydrogen-bond donors (Lipinski definition) is 1. The number of rotatable bonds is 3. The number of fused-ring (bicyclic) bond motifs is 1. The molecule has 0 saturated carbocycles. The maximum atomic E-state index is 12.4. The molecule has 4 rings (SSSR count). The van der Waals surface area contributed by atoms with E-state index in [-0.39, 0.29) is 5.91 Å². The molecule has 0 bridgehead atoms. The summed E-state index contributed by atoms with van der Waals surface area (Å²) < 4.78 is 1.86. The van der Waals surface area contributed by atoms with Crippen LogP contribution in [0.3, 0.4) is 0 Å². The fraction of sp³-hybridized carbons (Fsp3) is 0.227. The quantitative estimate of drug-likeness (QED) is 0.506. The van der Waals surface area contributed by atoms with Crippen LogP contribution < -0.4 is 5.32 Å². The van der Waals surface area contributed by atoms with Crippen molar-refractivity contribution in [2.24, 2.45) is 5.41 Å². The Balaban J connectivity index is 1.88. The molecule has 0 unspecified atom stereocenters. The standard InChI is InChI=1S/C22H22N4OS/c1-14-13-28-21(23-14)26-18-12-16(24-20(27)22(2,3)4)10-11-17(18)19(25-26)15-8-6-5-7-9-15/h5-13H,1-4H3,(H,24,27). The summed E-state index contributed by atoms with van der Waals surface area (Å²) in [4.78, 5) is 17.0. The second kappa shape index (κ2) is 6.87. The fourth-order valence-corrected chi connectivity index (χ4v) is 3.67. The number of aryl methyl sites for hydroxylation is 1. The van der Waals surface area contributed by atoms with E-state index >= 15 is 0 Å². The van der Waals surface area contributed by atoms with Gasteiger partial charge in [-0.15, -0.1) is 11.3 Å². The number of amides is 1. The van der Waals surface area contributed by atoms with Crippen LogP contribution in [0.25, 0.3) is 27.3 Å². The minimum Gasteiger partial charge on any atom is -0.326 e. The van der Waals surface area contributed by atoms with Crippen molar-refractivity contribution < 1.29 is 4.79 Å². The Kier molecular flexibility index (Phi) is 4.51. The molecule has 0 atom stereocenters. The second-order valence-corrected chi connectivity index (χ2v) is 8.67. The molecule has 2 aromatic carbocycles. The van der Waals surface area contributed by atoms with E-state index < -0.39 is 5.41 Å². The van der Waals surface area contributed by atoms with Gasteiger partial charge >= 0.3 is 0 Å². The summed E-state index contributed by atoms with van der Waals surface area (Å²) in [6.07, 6.45) is 0. The Hall–Kier alpha value is -2.99. The van der Waals surface area contributed by atoms with Crippen LogP contribution in [0, 0.1) is 12.3 Å². The van der Waals surface area contributed by atoms with Crippen LogP contribution in [0.15, 0.2) is 53.9 Å². The van der Waals surface area contributed by atoms with Crippen LogP contribution in [0.2, 0.25) is 0 Å². The van der Waals surface area contributed by atoms with E-state index in [1.807, 2.05) is 74.2 Å². The van der Waals surface area contributed by atoms with Crippen molar-refractivity contribution in [3.05, 3.63) is 59.6 Å². The molecule has 28 heavy (non-hydrogen) atoms. The van der Waals surface area contributed by atoms with Gasteiger partial charge in [-0.1, -0.05) is 51.1 Å². The first-order chi connectivity index (χ1) is 13.3. The minimum atomic E-state index is -0.461. The van der Waals surface area contributed by atoms with Gasteiger partial charge in [0.25, 0.3) is 0 Å². The first-order valence-corrected chi connectivity index (χ1v) is 10.0. The van der Waals surface area contributed by atoms with E-state index in [1.54, 1.807) is 11.3 Å². The molecule has 1 amide bonds. The van der Waals surface area contributed by atoms with Crippen LogP contribution in [-0.4, -0.2) is 20.7 Å². The van der Waals surface area contributed by atoms with E-state index in [0.29, 0.717) is 0 Å². The molecule has 0 aliphatic heterocycles. The van der Waals surface area contributed by atoms with Gasteiger partial charge in [0.05, 0.1) is 11.2 Å². The Bertz CT molecular complexity index is 1150. The summed E-state index contributed by atoms with van der Waals surface area (Å²) in [5.74, 6) is -0.0220. The summed E-state index contributed by atoms with van der Waals surface area (Å²) in [7, 11) is 0. The second-order valence-electron chi connectivity index (χ2n) is 7.83. The van der Waals surface area contributed by atoms with Gasteiger partial charge in [-0.2, -0.15) is 5.10 Å². The highest BCUT2D eigenvalue weighted by molar-refractivity contribution is 7.12. The molecule has 5 nitrogen and oxygen atoms in total. The van der Waals surface area contributed by atoms with Crippen molar-refractivity contribution in [3.63, 3.8) is 0 Å². The van der Waals surface area contributed by atoms with Crippen molar-refractivity contribution in [1.29, 1.82) is 0 Å². The lowest BCUT2D eigenvalue weighted by molar-refractivity contribution is -0.123. The van der Waals surface area contributed by atoms with Crippen molar-refractivity contribution >= 4 is 33.8 Å². The fourth-order valence-electron chi connectivity index (χ4n) is 2.91. The lowest BCUT2D eigenvalue weighted by atomic mass is 9.95. The SMILES string of the molecule is Cc1csc(-n2nc(-c3ccccc3)c3ccc(NC(=O)C(C)(C)C)cc32)n1. The number of hydrogen-bond acceptors (Lipinski definition) is 4. The zero-order valence-corrected chi connectivity index (χ0v) is 17.2. The number of carbonyl (C=O) groups excluding carboxylic acids is 1. The number of aromatic nitrogens is 3. The van der Waals surface area contributed by atoms with Crippen molar-refractivity contribution in [2.45, 2.75) is 27.7 Å². The minimum absolute atomic E-state index is 0.0220. The smallest absolute Gasteiger partial charge is 0.229 e. The van der Waals surface area contributed by atoms with Gasteiger partial charge in [0.2, 0.25) is 11.0 Å². The lowest BCUT2D eigenvalue weighted by Crippen LogP contribution is -2.27. The van der Waals surface area contributed by atoms with E-state index in [2.05, 4.69) is 22.4 Å². The number of carbonyl (C=O) groups is 1. The van der Waals surface area contributed by atoms with Gasteiger partial charge in [0.15, 0.2) is 0 Å². The van der Waals surface area contributed by atoms with Gasteiger partial charge < -0.3 is 5.32 Å². The Morgan fingerprint density at radius 2 is 1.86 bits per heavy atom. The normalized spacial score (nSPS) is 11.7. The van der Waals surface area contributed by atoms with E-state index in [9.17, 15) is 4.79 Å². The first kappa shape index (κ1) is 18.4. The molecule has 0 spiro atoms. The highest BCUT2D eigenvalue weighted by atomic mass is 32.1. The molecule has 142 valence electrons. The summed E-state index contributed by atoms with van der Waals surface area (Å²) in [5, 5.41) is 11.7. The maximum absolute atomic E-state index is 12.4. The molecule has 0 aliphatic rings. The van der Waals surface area contributed by atoms with Crippen molar-refractivity contribution in [1.82, 2.24) is 14.8 Å². The zero-order chi connectivity index (χ0) is 19.9. The first-order valence-electron chi connectivity index (χ1n) is 9.15. The van der Waals surface area contributed by atoms with Gasteiger partial charge in [-0.25, -0.2) is 9.67 Å². The van der Waals surface area contributed by atoms with E-state index in [1.165, 1.54) is 0 Å². The van der Waals surface area contributed by atoms with Crippen LogP contribution in [0.5, 0.6) is 0 Å². The molecule has 0 saturated heterocycles. The van der Waals surface area contributed by atoms with Crippen molar-refractivity contribution in [2.75, 3.05) is 5.32 Å². The molecular weight excluding hydrogens is 368 g/mol. The van der Waals surface area contributed by atoms with Gasteiger partial charge in [0.1, 0.15) is 5.69 Å². The molecular formula is C22H22N4OS. The van der Waals surface area contributed by atoms with Gasteiger partial charge in [-0.3, -0.25) is 4.79 Å². The molecule has 0 fully saturated rings. The summed E-state index contributed by atoms with van der Waals surface area (Å²) in [6, 6.07) is 16.0. The number of anilines is 1. The molecule has 0 radical (unpaired) electrons. The molecule has 0 aliphatic carbocycles.